The number of nitrogens with one attached hydrogen (secondary N) is 1. The van der Waals surface area contributed by atoms with E-state index < -0.39 is 0 Å². The third-order valence-corrected chi connectivity index (χ3v) is 5.86. The first-order chi connectivity index (χ1) is 14.1. The van der Waals surface area contributed by atoms with Crippen LogP contribution in [0.5, 0.6) is 0 Å². The molecule has 30 heavy (non-hydrogen) atoms. The number of aromatic nitrogens is 2. The number of fused-ring (bicyclic) bond motifs is 1. The van der Waals surface area contributed by atoms with Crippen LogP contribution in [0.4, 0.5) is 11.4 Å². The molecule has 0 bridgehead atoms. The number of benzene rings is 1. The molecule has 6 heteroatoms. The van der Waals surface area contributed by atoms with Gasteiger partial charge in [0, 0.05) is 35.6 Å². The van der Waals surface area contributed by atoms with Crippen LogP contribution in [0.3, 0.4) is 0 Å². The molecule has 1 fully saturated rings. The normalized spacial score (nSPS) is 16.2. The highest BCUT2D eigenvalue weighted by atomic mass is 35.5. The van der Waals surface area contributed by atoms with Crippen molar-refractivity contribution in [2.24, 2.45) is 0 Å². The van der Waals surface area contributed by atoms with Crippen LogP contribution in [0.1, 0.15) is 54.2 Å². The number of hydrogen-bond donors (Lipinski definition) is 1. The van der Waals surface area contributed by atoms with Gasteiger partial charge in [0.05, 0.1) is 11.3 Å². The Balaban J connectivity index is 0.00000256. The molecule has 4 rings (SSSR count). The number of para-hydroxylation sites is 1. The number of nitrogens with zero attached hydrogens (tertiary/aromatic N) is 3. The van der Waals surface area contributed by atoms with Gasteiger partial charge in [-0.1, -0.05) is 25.1 Å². The molecular formula is C24H29ClN4O. The van der Waals surface area contributed by atoms with Crippen molar-refractivity contribution in [2.75, 3.05) is 11.9 Å². The number of rotatable bonds is 4. The quantitative estimate of drug-likeness (QED) is 0.573. The standard InChI is InChI=1S/C24H28N4O.ClH/c1-4-18-10-7-8-14-28(18)24(29)20-15-25-23-19(13-12-17(3)26-23)22(20)27-21-11-6-5-9-16(21)2;/h5-6,9,11-13,15,18H,4,7-8,10,14H2,1-3H3,(H,25,26,27);1H. The number of carbonyl (C=O) groups excluding carboxylic acids is 1. The van der Waals surface area contributed by atoms with E-state index in [1.165, 1.54) is 6.42 Å². The van der Waals surface area contributed by atoms with E-state index in [0.717, 1.165) is 53.8 Å². The molecule has 1 atom stereocenters. The van der Waals surface area contributed by atoms with Gasteiger partial charge in [-0.15, -0.1) is 12.4 Å². The Morgan fingerprint density at radius 2 is 1.97 bits per heavy atom. The molecule has 2 aromatic heterocycles. The van der Waals surface area contributed by atoms with Gasteiger partial charge in [0.2, 0.25) is 0 Å². The highest BCUT2D eigenvalue weighted by molar-refractivity contribution is 6.07. The highest BCUT2D eigenvalue weighted by Crippen LogP contribution is 2.32. The van der Waals surface area contributed by atoms with E-state index in [2.05, 4.69) is 35.2 Å². The fourth-order valence-corrected chi connectivity index (χ4v) is 4.16. The average Bonchev–Trinajstić information content (AvgIpc) is 2.74. The number of piperidine rings is 1. The van der Waals surface area contributed by atoms with Crippen molar-refractivity contribution in [2.45, 2.75) is 52.5 Å². The summed E-state index contributed by atoms with van der Waals surface area (Å²) in [6.45, 7) is 6.99. The lowest BCUT2D eigenvalue weighted by Crippen LogP contribution is -2.43. The summed E-state index contributed by atoms with van der Waals surface area (Å²) in [6.07, 6.45) is 6.00. The zero-order chi connectivity index (χ0) is 20.4. The maximum atomic E-state index is 13.6. The van der Waals surface area contributed by atoms with Crippen LogP contribution < -0.4 is 5.32 Å². The Kier molecular flexibility index (Phi) is 6.93. The summed E-state index contributed by atoms with van der Waals surface area (Å²) >= 11 is 0. The van der Waals surface area contributed by atoms with E-state index in [0.29, 0.717) is 17.3 Å². The number of carbonyl (C=O) groups is 1. The number of pyridine rings is 2. The minimum atomic E-state index is 0. The lowest BCUT2D eigenvalue weighted by atomic mass is 9.98. The summed E-state index contributed by atoms with van der Waals surface area (Å²) in [5.74, 6) is 0.0580. The summed E-state index contributed by atoms with van der Waals surface area (Å²) in [6, 6.07) is 12.4. The predicted octanol–water partition coefficient (Wildman–Crippen LogP) is 5.82. The van der Waals surface area contributed by atoms with Crippen molar-refractivity contribution >= 4 is 40.7 Å². The SMILES string of the molecule is CCC1CCCCN1C(=O)c1cnc2nc(C)ccc2c1Nc1ccccc1C.Cl. The van der Waals surface area contributed by atoms with Gasteiger partial charge in [-0.3, -0.25) is 4.79 Å². The van der Waals surface area contributed by atoms with Crippen LogP contribution in [-0.4, -0.2) is 33.4 Å². The van der Waals surface area contributed by atoms with Crippen LogP contribution in [0.2, 0.25) is 0 Å². The first-order valence-electron chi connectivity index (χ1n) is 10.5. The zero-order valence-corrected chi connectivity index (χ0v) is 18.6. The molecule has 1 aliphatic rings. The van der Waals surface area contributed by atoms with E-state index in [1.807, 2.05) is 42.2 Å². The largest absolute Gasteiger partial charge is 0.354 e. The Morgan fingerprint density at radius 3 is 2.73 bits per heavy atom. The smallest absolute Gasteiger partial charge is 0.257 e. The fourth-order valence-electron chi connectivity index (χ4n) is 4.16. The first kappa shape index (κ1) is 22.0. The molecule has 1 N–H and O–H groups in total. The van der Waals surface area contributed by atoms with Gasteiger partial charge in [-0.2, -0.15) is 0 Å². The van der Waals surface area contributed by atoms with Crippen LogP contribution in [-0.2, 0) is 0 Å². The van der Waals surface area contributed by atoms with E-state index in [4.69, 9.17) is 0 Å². The summed E-state index contributed by atoms with van der Waals surface area (Å²) in [5.41, 5.74) is 5.09. The average molecular weight is 425 g/mol. The summed E-state index contributed by atoms with van der Waals surface area (Å²) in [5, 5.41) is 4.40. The lowest BCUT2D eigenvalue weighted by Gasteiger charge is -2.35. The van der Waals surface area contributed by atoms with Crippen molar-refractivity contribution < 1.29 is 4.79 Å². The second kappa shape index (κ2) is 9.43. The molecule has 0 aliphatic carbocycles. The van der Waals surface area contributed by atoms with Gasteiger partial charge in [-0.25, -0.2) is 9.97 Å². The van der Waals surface area contributed by atoms with Crippen molar-refractivity contribution in [3.63, 3.8) is 0 Å². The number of anilines is 2. The van der Waals surface area contributed by atoms with Crippen LogP contribution >= 0.6 is 12.4 Å². The minimum absolute atomic E-state index is 0. The van der Waals surface area contributed by atoms with Crippen LogP contribution in [0.25, 0.3) is 11.0 Å². The number of aryl methyl sites for hydroxylation is 2. The Bertz CT molecular complexity index is 1050. The molecule has 1 unspecified atom stereocenters. The summed E-state index contributed by atoms with van der Waals surface area (Å²) in [4.78, 5) is 24.7. The van der Waals surface area contributed by atoms with Crippen molar-refractivity contribution in [3.8, 4) is 0 Å². The van der Waals surface area contributed by atoms with Gasteiger partial charge in [0.1, 0.15) is 0 Å². The molecule has 0 radical (unpaired) electrons. The molecule has 1 aromatic carbocycles. The van der Waals surface area contributed by atoms with Crippen molar-refractivity contribution in [1.29, 1.82) is 0 Å². The van der Waals surface area contributed by atoms with E-state index in [1.54, 1.807) is 6.20 Å². The molecule has 1 saturated heterocycles. The third-order valence-electron chi connectivity index (χ3n) is 5.86. The van der Waals surface area contributed by atoms with Gasteiger partial charge < -0.3 is 10.2 Å². The van der Waals surface area contributed by atoms with E-state index in [-0.39, 0.29) is 18.3 Å². The Morgan fingerprint density at radius 1 is 1.17 bits per heavy atom. The van der Waals surface area contributed by atoms with Crippen LogP contribution in [0, 0.1) is 13.8 Å². The fraction of sp³-hybridized carbons (Fsp3) is 0.375. The van der Waals surface area contributed by atoms with Gasteiger partial charge >= 0.3 is 0 Å². The predicted molar refractivity (Wildman–Crippen MR) is 125 cm³/mol. The third kappa shape index (κ3) is 4.26. The Hall–Kier alpha value is -2.66. The van der Waals surface area contributed by atoms with Gasteiger partial charge in [-0.05, 0) is 63.3 Å². The van der Waals surface area contributed by atoms with Gasteiger partial charge in [0.15, 0.2) is 5.65 Å². The second-order valence-electron chi connectivity index (χ2n) is 7.87. The molecule has 0 spiro atoms. The monoisotopic (exact) mass is 424 g/mol. The zero-order valence-electron chi connectivity index (χ0n) is 17.8. The number of hydrogen-bond acceptors (Lipinski definition) is 4. The Labute approximate surface area is 184 Å². The minimum Gasteiger partial charge on any atom is -0.354 e. The molecule has 1 amide bonds. The number of amides is 1. The summed E-state index contributed by atoms with van der Waals surface area (Å²) in [7, 11) is 0. The molecule has 3 heterocycles. The molecule has 1 aliphatic heterocycles. The first-order valence-corrected chi connectivity index (χ1v) is 10.5. The molecule has 0 saturated carbocycles. The van der Waals surface area contributed by atoms with Gasteiger partial charge in [0.25, 0.3) is 5.91 Å². The second-order valence-corrected chi connectivity index (χ2v) is 7.87. The molecule has 158 valence electrons. The number of halogens is 1. The van der Waals surface area contributed by atoms with E-state index in [9.17, 15) is 4.79 Å². The summed E-state index contributed by atoms with van der Waals surface area (Å²) < 4.78 is 0. The molecule has 5 nitrogen and oxygen atoms in total. The van der Waals surface area contributed by atoms with Crippen molar-refractivity contribution in [1.82, 2.24) is 14.9 Å². The lowest BCUT2D eigenvalue weighted by molar-refractivity contribution is 0.0609. The van der Waals surface area contributed by atoms with Crippen LogP contribution in [0.15, 0.2) is 42.6 Å². The molecular weight excluding hydrogens is 396 g/mol. The maximum absolute atomic E-state index is 13.6. The maximum Gasteiger partial charge on any atom is 0.257 e. The number of likely N-dealkylation sites (tertiary alicyclic amines) is 1. The highest BCUT2D eigenvalue weighted by Gasteiger charge is 2.28. The molecule has 3 aromatic rings. The van der Waals surface area contributed by atoms with E-state index >= 15 is 0 Å². The topological polar surface area (TPSA) is 58.1 Å². The van der Waals surface area contributed by atoms with Crippen molar-refractivity contribution in [3.05, 3.63) is 59.4 Å².